The summed E-state index contributed by atoms with van der Waals surface area (Å²) < 4.78 is 0. The van der Waals surface area contributed by atoms with Crippen LogP contribution in [0, 0.1) is 11.3 Å². The van der Waals surface area contributed by atoms with Crippen LogP contribution in [0.2, 0.25) is 0 Å². The molecule has 0 radical (unpaired) electrons. The second kappa shape index (κ2) is 6.78. The van der Waals surface area contributed by atoms with E-state index in [-0.39, 0.29) is 17.9 Å². The summed E-state index contributed by atoms with van der Waals surface area (Å²) >= 11 is 0. The van der Waals surface area contributed by atoms with E-state index in [4.69, 9.17) is 5.11 Å². The van der Waals surface area contributed by atoms with Crippen molar-refractivity contribution in [3.63, 3.8) is 0 Å². The van der Waals surface area contributed by atoms with Gasteiger partial charge in [-0.25, -0.2) is 4.79 Å². The molecule has 0 aromatic rings. The summed E-state index contributed by atoms with van der Waals surface area (Å²) in [6, 6.07) is 0.185. The normalized spacial score (nSPS) is 21.5. The SMILES string of the molecule is CCC(CCNC(=O)NC1CC1(C)C)CCC(=O)O. The van der Waals surface area contributed by atoms with Crippen LogP contribution in [0.25, 0.3) is 0 Å². The van der Waals surface area contributed by atoms with Crippen molar-refractivity contribution in [2.24, 2.45) is 11.3 Å². The Bertz CT molecular complexity index is 329. The van der Waals surface area contributed by atoms with Gasteiger partial charge in [0.1, 0.15) is 0 Å². The second-order valence-corrected chi connectivity index (χ2v) is 6.14. The van der Waals surface area contributed by atoms with Crippen LogP contribution in [0.4, 0.5) is 4.79 Å². The zero-order valence-corrected chi connectivity index (χ0v) is 12.2. The van der Waals surface area contributed by atoms with E-state index in [1.165, 1.54) is 0 Å². The van der Waals surface area contributed by atoms with Crippen molar-refractivity contribution < 1.29 is 14.7 Å². The lowest BCUT2D eigenvalue weighted by Gasteiger charge is -2.14. The standard InChI is InChI=1S/C14H26N2O3/c1-4-10(5-6-12(17)18)7-8-15-13(19)16-11-9-14(11,2)3/h10-11H,4-9H2,1-3H3,(H,17,18)(H2,15,16,19). The highest BCUT2D eigenvalue weighted by Gasteiger charge is 2.46. The second-order valence-electron chi connectivity index (χ2n) is 6.14. The Kier molecular flexibility index (Phi) is 5.63. The molecule has 0 aliphatic heterocycles. The van der Waals surface area contributed by atoms with Gasteiger partial charge in [-0.15, -0.1) is 0 Å². The molecule has 1 saturated carbocycles. The molecule has 5 heteroatoms. The van der Waals surface area contributed by atoms with Gasteiger partial charge in [-0.3, -0.25) is 4.79 Å². The molecule has 2 atom stereocenters. The van der Waals surface area contributed by atoms with Crippen LogP contribution in [-0.4, -0.2) is 29.7 Å². The van der Waals surface area contributed by atoms with Gasteiger partial charge >= 0.3 is 12.0 Å². The van der Waals surface area contributed by atoms with Crippen LogP contribution in [0.15, 0.2) is 0 Å². The van der Waals surface area contributed by atoms with Crippen LogP contribution in [0.1, 0.15) is 52.9 Å². The molecule has 0 saturated heterocycles. The predicted molar refractivity (Wildman–Crippen MR) is 74.0 cm³/mol. The monoisotopic (exact) mass is 270 g/mol. The molecule has 3 N–H and O–H groups in total. The van der Waals surface area contributed by atoms with E-state index in [2.05, 4.69) is 31.4 Å². The maximum absolute atomic E-state index is 11.6. The molecule has 0 bridgehead atoms. The van der Waals surface area contributed by atoms with Gasteiger partial charge in [0.15, 0.2) is 0 Å². The highest BCUT2D eigenvalue weighted by atomic mass is 16.4. The summed E-state index contributed by atoms with van der Waals surface area (Å²) in [5, 5.41) is 14.4. The van der Waals surface area contributed by atoms with Crippen LogP contribution >= 0.6 is 0 Å². The molecule has 2 amide bonds. The lowest BCUT2D eigenvalue weighted by molar-refractivity contribution is -0.137. The van der Waals surface area contributed by atoms with E-state index in [0.29, 0.717) is 24.9 Å². The largest absolute Gasteiger partial charge is 0.481 e. The molecular formula is C14H26N2O3. The van der Waals surface area contributed by atoms with Crippen molar-refractivity contribution in [1.29, 1.82) is 0 Å². The minimum atomic E-state index is -0.750. The summed E-state index contributed by atoms with van der Waals surface area (Å²) in [5.74, 6) is -0.381. The van der Waals surface area contributed by atoms with Gasteiger partial charge in [-0.05, 0) is 30.6 Å². The van der Waals surface area contributed by atoms with Crippen molar-refractivity contribution in [3.05, 3.63) is 0 Å². The molecule has 2 unspecified atom stereocenters. The van der Waals surface area contributed by atoms with Crippen molar-refractivity contribution in [2.45, 2.75) is 58.9 Å². The van der Waals surface area contributed by atoms with E-state index < -0.39 is 5.97 Å². The number of carboxylic acid groups (broad SMARTS) is 1. The Morgan fingerprint density at radius 1 is 1.37 bits per heavy atom. The molecule has 19 heavy (non-hydrogen) atoms. The van der Waals surface area contributed by atoms with Crippen molar-refractivity contribution in [1.82, 2.24) is 10.6 Å². The fourth-order valence-electron chi connectivity index (χ4n) is 2.19. The van der Waals surface area contributed by atoms with E-state index in [0.717, 1.165) is 19.3 Å². The summed E-state index contributed by atoms with van der Waals surface area (Å²) in [5.41, 5.74) is 0.241. The summed E-state index contributed by atoms with van der Waals surface area (Å²) in [4.78, 5) is 22.1. The third-order valence-electron chi connectivity index (χ3n) is 4.00. The molecule has 0 aromatic heterocycles. The van der Waals surface area contributed by atoms with E-state index in [9.17, 15) is 9.59 Å². The summed E-state index contributed by atoms with van der Waals surface area (Å²) in [6.07, 6.45) is 3.72. The molecule has 0 aromatic carbocycles. The first-order valence-electron chi connectivity index (χ1n) is 7.11. The summed E-state index contributed by atoms with van der Waals surface area (Å²) in [7, 11) is 0. The smallest absolute Gasteiger partial charge is 0.315 e. The number of hydrogen-bond donors (Lipinski definition) is 3. The third-order valence-corrected chi connectivity index (χ3v) is 4.00. The van der Waals surface area contributed by atoms with E-state index >= 15 is 0 Å². The number of carboxylic acids is 1. The summed E-state index contributed by atoms with van der Waals surface area (Å²) in [6.45, 7) is 6.93. The first-order valence-corrected chi connectivity index (χ1v) is 7.11. The van der Waals surface area contributed by atoms with Crippen molar-refractivity contribution >= 4 is 12.0 Å². The Hall–Kier alpha value is -1.26. The Morgan fingerprint density at radius 2 is 2.00 bits per heavy atom. The molecule has 1 aliphatic carbocycles. The van der Waals surface area contributed by atoms with Crippen molar-refractivity contribution in [2.75, 3.05) is 6.54 Å². The predicted octanol–water partition coefficient (Wildman–Crippen LogP) is 2.37. The van der Waals surface area contributed by atoms with Gasteiger partial charge < -0.3 is 15.7 Å². The maximum atomic E-state index is 11.6. The van der Waals surface area contributed by atoms with Crippen molar-refractivity contribution in [3.8, 4) is 0 Å². The van der Waals surface area contributed by atoms with Gasteiger partial charge in [0, 0.05) is 19.0 Å². The van der Waals surface area contributed by atoms with Gasteiger partial charge in [0.05, 0.1) is 0 Å². The van der Waals surface area contributed by atoms with Gasteiger partial charge in [0.2, 0.25) is 0 Å². The molecule has 1 fully saturated rings. The highest BCUT2D eigenvalue weighted by molar-refractivity contribution is 5.74. The molecule has 0 heterocycles. The van der Waals surface area contributed by atoms with Crippen LogP contribution in [-0.2, 0) is 4.79 Å². The first-order chi connectivity index (χ1) is 8.85. The zero-order chi connectivity index (χ0) is 14.5. The molecule has 1 rings (SSSR count). The average Bonchev–Trinajstić information content (AvgIpc) is 2.90. The molecule has 1 aliphatic rings. The minimum absolute atomic E-state index is 0.108. The number of amides is 2. The average molecular weight is 270 g/mol. The van der Waals surface area contributed by atoms with E-state index in [1.54, 1.807) is 0 Å². The number of carbonyl (C=O) groups excluding carboxylic acids is 1. The fourth-order valence-corrected chi connectivity index (χ4v) is 2.19. The highest BCUT2D eigenvalue weighted by Crippen LogP contribution is 2.44. The fraction of sp³-hybridized carbons (Fsp3) is 0.857. The lowest BCUT2D eigenvalue weighted by Crippen LogP contribution is -2.39. The van der Waals surface area contributed by atoms with Crippen LogP contribution < -0.4 is 10.6 Å². The lowest BCUT2D eigenvalue weighted by atomic mass is 9.97. The van der Waals surface area contributed by atoms with Gasteiger partial charge in [0.25, 0.3) is 0 Å². The Balaban J connectivity index is 2.10. The number of carbonyl (C=O) groups is 2. The maximum Gasteiger partial charge on any atom is 0.315 e. The molecule has 5 nitrogen and oxygen atoms in total. The number of rotatable bonds is 8. The van der Waals surface area contributed by atoms with Crippen LogP contribution in [0.3, 0.4) is 0 Å². The Morgan fingerprint density at radius 3 is 2.47 bits per heavy atom. The number of aliphatic carboxylic acids is 1. The number of urea groups is 1. The van der Waals surface area contributed by atoms with E-state index in [1.807, 2.05) is 0 Å². The molecule has 0 spiro atoms. The quantitative estimate of drug-likeness (QED) is 0.633. The Labute approximate surface area is 115 Å². The third kappa shape index (κ3) is 5.94. The minimum Gasteiger partial charge on any atom is -0.481 e. The zero-order valence-electron chi connectivity index (χ0n) is 12.2. The first kappa shape index (κ1) is 15.8. The molecular weight excluding hydrogens is 244 g/mol. The molecule has 110 valence electrons. The topological polar surface area (TPSA) is 78.4 Å². The number of hydrogen-bond acceptors (Lipinski definition) is 2. The van der Waals surface area contributed by atoms with Gasteiger partial charge in [-0.1, -0.05) is 27.2 Å². The van der Waals surface area contributed by atoms with Gasteiger partial charge in [-0.2, -0.15) is 0 Å². The van der Waals surface area contributed by atoms with Crippen LogP contribution in [0.5, 0.6) is 0 Å². The number of nitrogens with one attached hydrogen (secondary N) is 2.